The van der Waals surface area contributed by atoms with E-state index in [9.17, 15) is 15.0 Å². The third kappa shape index (κ3) is 1.84. The molecule has 1 fully saturated rings. The number of aliphatic hydroxyl groups is 2. The lowest BCUT2D eigenvalue weighted by Gasteiger charge is -2.55. The SMILES string of the molecule is CC1=C(CO)[C@@]2(C)C[C@@H](O)CC(C)(C)[C@@H]2CC1=O. The highest BCUT2D eigenvalue weighted by molar-refractivity contribution is 5.97. The number of aliphatic hydroxyl groups excluding tert-OH is 2. The molecule has 0 spiro atoms. The summed E-state index contributed by atoms with van der Waals surface area (Å²) in [5.74, 6) is 0.373. The number of hydrogen-bond donors (Lipinski definition) is 2. The van der Waals surface area contributed by atoms with Crippen molar-refractivity contribution < 1.29 is 15.0 Å². The zero-order valence-electron chi connectivity index (χ0n) is 11.8. The fourth-order valence-corrected chi connectivity index (χ4v) is 4.39. The van der Waals surface area contributed by atoms with Crippen LogP contribution in [0.3, 0.4) is 0 Å². The second kappa shape index (κ2) is 4.17. The lowest BCUT2D eigenvalue weighted by molar-refractivity contribution is -0.125. The van der Waals surface area contributed by atoms with E-state index in [2.05, 4.69) is 20.8 Å². The number of allylic oxidation sites excluding steroid dienone is 1. The van der Waals surface area contributed by atoms with Gasteiger partial charge in [-0.25, -0.2) is 0 Å². The molecule has 2 rings (SSSR count). The van der Waals surface area contributed by atoms with E-state index in [1.54, 1.807) is 0 Å². The van der Waals surface area contributed by atoms with Gasteiger partial charge in [0.25, 0.3) is 0 Å². The number of Topliss-reactive ketones (excluding diaryl/α,β-unsaturated/α-hetero) is 1. The molecule has 3 nitrogen and oxygen atoms in total. The Labute approximate surface area is 109 Å². The third-order valence-electron chi connectivity index (χ3n) is 5.24. The van der Waals surface area contributed by atoms with Crippen molar-refractivity contribution in [3.63, 3.8) is 0 Å². The van der Waals surface area contributed by atoms with Gasteiger partial charge in [0.2, 0.25) is 0 Å². The summed E-state index contributed by atoms with van der Waals surface area (Å²) < 4.78 is 0. The maximum atomic E-state index is 12.1. The molecule has 2 aliphatic rings. The lowest BCUT2D eigenvalue weighted by atomic mass is 9.49. The summed E-state index contributed by atoms with van der Waals surface area (Å²) in [4.78, 5) is 12.1. The van der Waals surface area contributed by atoms with E-state index in [1.807, 2.05) is 6.92 Å². The van der Waals surface area contributed by atoms with Gasteiger partial charge in [-0.15, -0.1) is 0 Å². The molecule has 0 aromatic heterocycles. The van der Waals surface area contributed by atoms with E-state index in [1.165, 1.54) is 0 Å². The summed E-state index contributed by atoms with van der Waals surface area (Å²) in [5, 5.41) is 19.8. The molecule has 3 heteroatoms. The summed E-state index contributed by atoms with van der Waals surface area (Å²) in [6, 6.07) is 0. The highest BCUT2D eigenvalue weighted by Crippen LogP contribution is 2.58. The molecule has 0 amide bonds. The largest absolute Gasteiger partial charge is 0.393 e. The molecular weight excluding hydrogens is 228 g/mol. The molecule has 0 unspecified atom stereocenters. The zero-order valence-corrected chi connectivity index (χ0v) is 11.8. The van der Waals surface area contributed by atoms with Crippen LogP contribution in [0, 0.1) is 16.7 Å². The van der Waals surface area contributed by atoms with Crippen molar-refractivity contribution in [2.24, 2.45) is 16.7 Å². The Hall–Kier alpha value is -0.670. The molecule has 0 radical (unpaired) electrons. The van der Waals surface area contributed by atoms with Gasteiger partial charge in [0.1, 0.15) is 0 Å². The summed E-state index contributed by atoms with van der Waals surface area (Å²) in [5.41, 5.74) is 1.24. The summed E-state index contributed by atoms with van der Waals surface area (Å²) in [7, 11) is 0. The van der Waals surface area contributed by atoms with Crippen molar-refractivity contribution >= 4 is 5.78 Å². The van der Waals surface area contributed by atoms with Crippen LogP contribution in [0.15, 0.2) is 11.1 Å². The van der Waals surface area contributed by atoms with Gasteiger partial charge >= 0.3 is 0 Å². The van der Waals surface area contributed by atoms with Crippen LogP contribution in [0.4, 0.5) is 0 Å². The van der Waals surface area contributed by atoms with Gasteiger partial charge in [0.05, 0.1) is 12.7 Å². The minimum Gasteiger partial charge on any atom is -0.393 e. The quantitative estimate of drug-likeness (QED) is 0.751. The average molecular weight is 252 g/mol. The van der Waals surface area contributed by atoms with Crippen LogP contribution in [0.2, 0.25) is 0 Å². The number of ketones is 1. The monoisotopic (exact) mass is 252 g/mol. The molecule has 0 aromatic rings. The second-order valence-electron chi connectivity index (χ2n) is 6.91. The number of hydrogen-bond acceptors (Lipinski definition) is 3. The molecule has 18 heavy (non-hydrogen) atoms. The highest BCUT2D eigenvalue weighted by atomic mass is 16.3. The van der Waals surface area contributed by atoms with Crippen LogP contribution in [-0.4, -0.2) is 28.7 Å². The van der Waals surface area contributed by atoms with Crippen LogP contribution in [-0.2, 0) is 4.79 Å². The predicted molar refractivity (Wildman–Crippen MR) is 70.0 cm³/mol. The maximum Gasteiger partial charge on any atom is 0.158 e. The second-order valence-corrected chi connectivity index (χ2v) is 6.91. The van der Waals surface area contributed by atoms with Gasteiger partial charge in [-0.1, -0.05) is 20.8 Å². The summed E-state index contributed by atoms with van der Waals surface area (Å²) >= 11 is 0. The zero-order chi connectivity index (χ0) is 13.7. The molecule has 0 heterocycles. The Balaban J connectivity index is 2.55. The Bertz CT molecular complexity index is 408. The Morgan fingerprint density at radius 1 is 1.28 bits per heavy atom. The number of fused-ring (bicyclic) bond motifs is 1. The number of carbonyl (C=O) groups is 1. The molecule has 102 valence electrons. The first-order valence-electron chi connectivity index (χ1n) is 6.74. The fourth-order valence-electron chi connectivity index (χ4n) is 4.39. The van der Waals surface area contributed by atoms with Crippen LogP contribution in [0.5, 0.6) is 0 Å². The fraction of sp³-hybridized carbons (Fsp3) is 0.800. The highest BCUT2D eigenvalue weighted by Gasteiger charge is 2.54. The van der Waals surface area contributed by atoms with Crippen LogP contribution in [0.1, 0.15) is 47.0 Å². The predicted octanol–water partition coefficient (Wildman–Crippen LogP) is 2.07. The Morgan fingerprint density at radius 2 is 1.89 bits per heavy atom. The van der Waals surface area contributed by atoms with E-state index in [0.717, 1.165) is 12.0 Å². The molecule has 0 aromatic carbocycles. The van der Waals surface area contributed by atoms with Crippen LogP contribution in [0.25, 0.3) is 0 Å². The summed E-state index contributed by atoms with van der Waals surface area (Å²) in [6.45, 7) is 8.09. The standard InChI is InChI=1S/C15H24O3/c1-9-11(8-16)15(4)7-10(17)6-14(2,3)13(15)5-12(9)18/h10,13,16-17H,5-8H2,1-4H3/t10-,13-,15+/m0/s1. The molecule has 0 saturated heterocycles. The molecule has 2 aliphatic carbocycles. The number of carbonyl (C=O) groups excluding carboxylic acids is 1. The first-order chi connectivity index (χ1) is 8.22. The number of rotatable bonds is 1. The van der Waals surface area contributed by atoms with Crippen molar-refractivity contribution in [1.29, 1.82) is 0 Å². The van der Waals surface area contributed by atoms with E-state index in [4.69, 9.17) is 0 Å². The van der Waals surface area contributed by atoms with Crippen molar-refractivity contribution in [2.45, 2.75) is 53.1 Å². The summed E-state index contributed by atoms with van der Waals surface area (Å²) in [6.07, 6.45) is 1.59. The molecule has 1 saturated carbocycles. The van der Waals surface area contributed by atoms with Crippen molar-refractivity contribution in [3.05, 3.63) is 11.1 Å². The van der Waals surface area contributed by atoms with Crippen molar-refractivity contribution in [3.8, 4) is 0 Å². The van der Waals surface area contributed by atoms with Crippen LogP contribution >= 0.6 is 0 Å². The van der Waals surface area contributed by atoms with Gasteiger partial charge in [-0.3, -0.25) is 4.79 Å². The van der Waals surface area contributed by atoms with E-state index in [0.29, 0.717) is 18.4 Å². The van der Waals surface area contributed by atoms with E-state index >= 15 is 0 Å². The maximum absolute atomic E-state index is 12.1. The normalized spacial score (nSPS) is 39.8. The first kappa shape index (κ1) is 13.8. The molecular formula is C15H24O3. The topological polar surface area (TPSA) is 57.5 Å². The Morgan fingerprint density at radius 3 is 2.44 bits per heavy atom. The average Bonchev–Trinajstić information content (AvgIpc) is 2.21. The molecule has 0 bridgehead atoms. The first-order valence-corrected chi connectivity index (χ1v) is 6.74. The lowest BCUT2D eigenvalue weighted by Crippen LogP contribution is -2.52. The molecule has 3 atom stereocenters. The van der Waals surface area contributed by atoms with E-state index < -0.39 is 0 Å². The van der Waals surface area contributed by atoms with Gasteiger partial charge in [0.15, 0.2) is 5.78 Å². The minimum absolute atomic E-state index is 0.0663. The van der Waals surface area contributed by atoms with Crippen molar-refractivity contribution in [1.82, 2.24) is 0 Å². The minimum atomic E-state index is -0.344. The van der Waals surface area contributed by atoms with Crippen LogP contribution < -0.4 is 0 Å². The van der Waals surface area contributed by atoms with Gasteiger partial charge < -0.3 is 10.2 Å². The van der Waals surface area contributed by atoms with Crippen molar-refractivity contribution in [2.75, 3.05) is 6.61 Å². The van der Waals surface area contributed by atoms with Gasteiger partial charge in [0, 0.05) is 6.42 Å². The molecule has 0 aliphatic heterocycles. The molecule has 2 N–H and O–H groups in total. The van der Waals surface area contributed by atoms with E-state index in [-0.39, 0.29) is 35.2 Å². The third-order valence-corrected chi connectivity index (χ3v) is 5.24. The van der Waals surface area contributed by atoms with Gasteiger partial charge in [-0.05, 0) is 47.7 Å². The smallest absolute Gasteiger partial charge is 0.158 e. The Kier molecular flexibility index (Phi) is 3.19. The van der Waals surface area contributed by atoms with Gasteiger partial charge in [-0.2, -0.15) is 0 Å².